The molecule has 0 unspecified atom stereocenters. The molecule has 2 heterocycles. The van der Waals surface area contributed by atoms with E-state index >= 15 is 0 Å². The van der Waals surface area contributed by atoms with E-state index in [0.717, 1.165) is 40.7 Å². The summed E-state index contributed by atoms with van der Waals surface area (Å²) in [5.74, 6) is 0.461. The first-order valence-corrected chi connectivity index (χ1v) is 18.9. The van der Waals surface area contributed by atoms with E-state index in [0.29, 0.717) is 54.1 Å². The van der Waals surface area contributed by atoms with Gasteiger partial charge < -0.3 is 24.0 Å². The highest BCUT2D eigenvalue weighted by Gasteiger charge is 2.38. The van der Waals surface area contributed by atoms with Crippen molar-refractivity contribution >= 4 is 29.4 Å². The van der Waals surface area contributed by atoms with Crippen LogP contribution >= 0.6 is 0 Å². The predicted octanol–water partition coefficient (Wildman–Crippen LogP) is 8.01. The predicted molar refractivity (Wildman–Crippen MR) is 210 cm³/mol. The Hall–Kier alpha value is -5.90. The number of hydrogen-bond acceptors (Lipinski definition) is 7. The first-order chi connectivity index (χ1) is 26.5. The van der Waals surface area contributed by atoms with Crippen molar-refractivity contribution in [2.45, 2.75) is 64.6 Å². The van der Waals surface area contributed by atoms with Crippen LogP contribution in [0.25, 0.3) is 16.7 Å². The van der Waals surface area contributed by atoms with E-state index in [1.54, 1.807) is 42.3 Å². The van der Waals surface area contributed by atoms with Crippen LogP contribution in [0, 0.1) is 0 Å². The van der Waals surface area contributed by atoms with Crippen LogP contribution in [-0.4, -0.2) is 83.5 Å². The van der Waals surface area contributed by atoms with Gasteiger partial charge in [-0.2, -0.15) is 0 Å². The topological polar surface area (TPSA) is 106 Å². The number of carbonyl (C=O) groups excluding carboxylic acids is 4. The maximum atomic E-state index is 14.9. The number of carbonyl (C=O) groups is 4. The number of methoxy groups -OCH3 is 1. The van der Waals surface area contributed by atoms with Crippen LogP contribution in [0.1, 0.15) is 78.3 Å². The van der Waals surface area contributed by atoms with Crippen molar-refractivity contribution in [3.05, 3.63) is 125 Å². The summed E-state index contributed by atoms with van der Waals surface area (Å²) in [7, 11) is 1.59. The molecule has 4 aromatic rings. The summed E-state index contributed by atoms with van der Waals surface area (Å²) in [4.78, 5) is 58.6. The fourth-order valence-corrected chi connectivity index (χ4v) is 7.18. The van der Waals surface area contributed by atoms with Crippen molar-refractivity contribution in [3.63, 3.8) is 0 Å². The lowest BCUT2D eigenvalue weighted by molar-refractivity contribution is -0.128. The maximum absolute atomic E-state index is 14.9. The first kappa shape index (κ1) is 37.4. The molecule has 0 radical (unpaired) electrons. The summed E-state index contributed by atoms with van der Waals surface area (Å²) in [6.07, 6.45) is 2.29. The second-order valence-corrected chi connectivity index (χ2v) is 15.2. The molecule has 2 aliphatic heterocycles. The lowest BCUT2D eigenvalue weighted by atomic mass is 9.90. The van der Waals surface area contributed by atoms with E-state index in [4.69, 9.17) is 14.2 Å². The monoisotopic (exact) mass is 741 g/mol. The Bertz CT molecular complexity index is 2100. The molecule has 7 rings (SSSR count). The number of rotatable bonds is 12. The average molecular weight is 742 g/mol. The third-order valence-corrected chi connectivity index (χ3v) is 10.0. The fourth-order valence-electron chi connectivity index (χ4n) is 7.18. The largest absolute Gasteiger partial charge is 0.497 e. The summed E-state index contributed by atoms with van der Waals surface area (Å²) in [6, 6.07) is 30.9. The van der Waals surface area contributed by atoms with E-state index in [2.05, 4.69) is 24.3 Å². The Kier molecular flexibility index (Phi) is 10.8. The zero-order valence-corrected chi connectivity index (χ0v) is 31.9. The summed E-state index contributed by atoms with van der Waals surface area (Å²) in [5.41, 5.74) is 5.64. The average Bonchev–Trinajstić information content (AvgIpc) is 4.01. The van der Waals surface area contributed by atoms with Gasteiger partial charge in [-0.1, -0.05) is 60.7 Å². The van der Waals surface area contributed by atoms with Crippen LogP contribution in [0.2, 0.25) is 0 Å². The Morgan fingerprint density at radius 2 is 1.45 bits per heavy atom. The number of benzene rings is 4. The summed E-state index contributed by atoms with van der Waals surface area (Å²) in [6.45, 7) is 6.92. The summed E-state index contributed by atoms with van der Waals surface area (Å²) < 4.78 is 17.5. The van der Waals surface area contributed by atoms with Crippen molar-refractivity contribution in [2.24, 2.45) is 0 Å². The van der Waals surface area contributed by atoms with Crippen LogP contribution in [0.4, 0.5) is 4.79 Å². The van der Waals surface area contributed by atoms with Crippen LogP contribution in [0.15, 0.2) is 103 Å². The van der Waals surface area contributed by atoms with E-state index in [-0.39, 0.29) is 43.5 Å². The van der Waals surface area contributed by atoms with Gasteiger partial charge in [-0.05, 0) is 105 Å². The van der Waals surface area contributed by atoms with E-state index in [1.165, 1.54) is 4.90 Å². The van der Waals surface area contributed by atoms with Gasteiger partial charge in [-0.3, -0.25) is 19.3 Å². The number of hydrogen-bond donors (Lipinski definition) is 0. The molecule has 3 aliphatic rings. The van der Waals surface area contributed by atoms with E-state index in [9.17, 15) is 19.2 Å². The smallest absolute Gasteiger partial charge is 0.410 e. The summed E-state index contributed by atoms with van der Waals surface area (Å²) >= 11 is 0. The SMILES string of the molecule is COc1cc(CN(C(=O)C2=C(c3cccc(-c4ccccc4)c3)CCN(C(=O)OC(C)(C)C)C2)C2CC2)cc(OCCCN2C(=O)c3ccccc3C2=O)c1. The third-order valence-electron chi connectivity index (χ3n) is 10.0. The Labute approximate surface area is 322 Å². The number of amides is 4. The number of imide groups is 1. The fraction of sp³-hybridized carbons (Fsp3) is 0.333. The Morgan fingerprint density at radius 1 is 0.800 bits per heavy atom. The minimum atomic E-state index is -0.670. The summed E-state index contributed by atoms with van der Waals surface area (Å²) in [5, 5.41) is 0. The molecular weight excluding hydrogens is 695 g/mol. The molecule has 1 fully saturated rings. The molecule has 1 saturated carbocycles. The first-order valence-electron chi connectivity index (χ1n) is 18.9. The zero-order valence-electron chi connectivity index (χ0n) is 31.9. The second kappa shape index (κ2) is 15.8. The van der Waals surface area contributed by atoms with Gasteiger partial charge in [0.15, 0.2) is 0 Å². The molecule has 0 spiro atoms. The van der Waals surface area contributed by atoms with Crippen LogP contribution in [0.3, 0.4) is 0 Å². The molecule has 4 amide bonds. The van der Waals surface area contributed by atoms with Gasteiger partial charge in [0.05, 0.1) is 31.4 Å². The van der Waals surface area contributed by atoms with Crippen LogP contribution < -0.4 is 9.47 Å². The second-order valence-electron chi connectivity index (χ2n) is 15.2. The lowest BCUT2D eigenvalue weighted by Crippen LogP contribution is -2.44. The molecule has 0 aromatic heterocycles. The molecule has 1 aliphatic carbocycles. The third kappa shape index (κ3) is 8.59. The van der Waals surface area contributed by atoms with Gasteiger partial charge in [0.1, 0.15) is 17.1 Å². The molecule has 55 heavy (non-hydrogen) atoms. The quantitative estimate of drug-likeness (QED) is 0.107. The van der Waals surface area contributed by atoms with E-state index < -0.39 is 11.7 Å². The van der Waals surface area contributed by atoms with Crippen LogP contribution in [-0.2, 0) is 16.1 Å². The molecule has 4 aromatic carbocycles. The minimum absolute atomic E-state index is 0.0593. The van der Waals surface area contributed by atoms with Gasteiger partial charge in [0.2, 0.25) is 0 Å². The van der Waals surface area contributed by atoms with Crippen molar-refractivity contribution in [1.29, 1.82) is 0 Å². The maximum Gasteiger partial charge on any atom is 0.410 e. The highest BCUT2D eigenvalue weighted by Crippen LogP contribution is 2.36. The number of fused-ring (bicyclic) bond motifs is 1. The lowest BCUT2D eigenvalue weighted by Gasteiger charge is -2.34. The molecule has 0 N–H and O–H groups in total. The van der Waals surface area contributed by atoms with Crippen LogP contribution in [0.5, 0.6) is 11.5 Å². The Balaban J connectivity index is 1.11. The molecule has 0 atom stereocenters. The van der Waals surface area contributed by atoms with Gasteiger partial charge in [0.25, 0.3) is 17.7 Å². The molecule has 284 valence electrons. The van der Waals surface area contributed by atoms with Gasteiger partial charge in [-0.25, -0.2) is 4.79 Å². The van der Waals surface area contributed by atoms with Crippen molar-refractivity contribution in [3.8, 4) is 22.6 Å². The van der Waals surface area contributed by atoms with E-state index in [1.807, 2.05) is 68.1 Å². The van der Waals surface area contributed by atoms with Gasteiger partial charge >= 0.3 is 6.09 Å². The normalized spacial score (nSPS) is 15.6. The number of ether oxygens (including phenoxy) is 3. The van der Waals surface area contributed by atoms with Crippen molar-refractivity contribution in [2.75, 3.05) is 33.4 Å². The van der Waals surface area contributed by atoms with Crippen molar-refractivity contribution < 1.29 is 33.4 Å². The molecule has 10 heteroatoms. The van der Waals surface area contributed by atoms with Gasteiger partial charge in [-0.15, -0.1) is 0 Å². The standard InChI is InChI=1S/C45H47N3O7/c1-45(2,3)55-44(52)46-22-20-37(33-15-10-14-32(26-33)31-12-6-5-7-13-31)40(29-46)43(51)48(34-18-19-34)28-30-24-35(53-4)27-36(25-30)54-23-11-21-47-41(49)38-16-8-9-17-39(38)42(47)50/h5-10,12-17,24-27,34H,11,18-23,28-29H2,1-4H3. The van der Waals surface area contributed by atoms with Gasteiger partial charge in [0, 0.05) is 37.3 Å². The van der Waals surface area contributed by atoms with Crippen molar-refractivity contribution in [1.82, 2.24) is 14.7 Å². The highest BCUT2D eigenvalue weighted by molar-refractivity contribution is 6.21. The molecule has 10 nitrogen and oxygen atoms in total. The molecule has 0 bridgehead atoms. The highest BCUT2D eigenvalue weighted by atomic mass is 16.6. The zero-order chi connectivity index (χ0) is 38.7. The Morgan fingerprint density at radius 3 is 2.13 bits per heavy atom. The minimum Gasteiger partial charge on any atom is -0.497 e. The molecule has 0 saturated heterocycles. The molecular formula is C45H47N3O7. The number of nitrogens with zero attached hydrogens (tertiary/aromatic N) is 3.